The zero-order valence-corrected chi connectivity index (χ0v) is 20.7. The standard InChI is InChI=1S/C29H39NO5/c1-32-27-16-15-21(17-28(27)33-22-11-5-6-12-22)24-18-29(35-30-25(24)19-31)34-26-14-8-7-13-23(26)20-9-3-2-4-10-20/h2-4,9-10,15-17,22-26,29-31H,5-8,11-14,18-19H2,1H3/t23-,24+,25+,26+,29+/m1/s1. The van der Waals surface area contributed by atoms with Crippen molar-refractivity contribution < 1.29 is 24.2 Å². The number of ether oxygens (including phenoxy) is 3. The second-order valence-corrected chi connectivity index (χ2v) is 10.2. The predicted molar refractivity (Wildman–Crippen MR) is 135 cm³/mol. The van der Waals surface area contributed by atoms with Gasteiger partial charge in [-0.2, -0.15) is 5.48 Å². The summed E-state index contributed by atoms with van der Waals surface area (Å²) in [6, 6.07) is 16.6. The molecule has 0 radical (unpaired) electrons. The molecule has 2 aromatic rings. The van der Waals surface area contributed by atoms with Gasteiger partial charge in [0.2, 0.25) is 0 Å². The van der Waals surface area contributed by atoms with Crippen molar-refractivity contribution in [2.45, 2.75) is 94.2 Å². The molecule has 0 amide bonds. The minimum Gasteiger partial charge on any atom is -0.493 e. The Kier molecular flexibility index (Phi) is 8.24. The first-order valence-corrected chi connectivity index (χ1v) is 13.3. The van der Waals surface area contributed by atoms with E-state index in [4.69, 9.17) is 19.0 Å². The van der Waals surface area contributed by atoms with Crippen LogP contribution in [0.5, 0.6) is 11.5 Å². The largest absolute Gasteiger partial charge is 0.493 e. The highest BCUT2D eigenvalue weighted by molar-refractivity contribution is 5.44. The Morgan fingerprint density at radius 1 is 0.886 bits per heavy atom. The third kappa shape index (κ3) is 5.83. The smallest absolute Gasteiger partial charge is 0.178 e. The molecule has 5 rings (SSSR count). The normalized spacial score (nSPS) is 29.7. The molecule has 2 saturated carbocycles. The van der Waals surface area contributed by atoms with E-state index in [-0.39, 0.29) is 37.1 Å². The summed E-state index contributed by atoms with van der Waals surface area (Å²) in [4.78, 5) is 5.91. The molecule has 3 fully saturated rings. The molecule has 5 atom stereocenters. The number of hydrogen-bond acceptors (Lipinski definition) is 6. The van der Waals surface area contributed by atoms with Gasteiger partial charge in [-0.1, -0.05) is 49.2 Å². The quantitative estimate of drug-likeness (QED) is 0.522. The van der Waals surface area contributed by atoms with Crippen molar-refractivity contribution in [3.63, 3.8) is 0 Å². The summed E-state index contributed by atoms with van der Waals surface area (Å²) in [7, 11) is 1.68. The molecule has 3 aliphatic rings. The average molecular weight is 482 g/mol. The van der Waals surface area contributed by atoms with E-state index in [2.05, 4.69) is 47.9 Å². The van der Waals surface area contributed by atoms with Gasteiger partial charge in [-0.15, -0.1) is 0 Å². The topological polar surface area (TPSA) is 69.2 Å². The average Bonchev–Trinajstić information content (AvgIpc) is 3.42. The molecular weight excluding hydrogens is 442 g/mol. The Morgan fingerprint density at radius 2 is 1.66 bits per heavy atom. The number of hydroxylamine groups is 1. The van der Waals surface area contributed by atoms with E-state index in [1.54, 1.807) is 7.11 Å². The number of methoxy groups -OCH3 is 1. The number of nitrogens with one attached hydrogen (secondary N) is 1. The first-order valence-electron chi connectivity index (χ1n) is 13.3. The zero-order chi connectivity index (χ0) is 24.0. The van der Waals surface area contributed by atoms with Crippen LogP contribution in [0.15, 0.2) is 48.5 Å². The van der Waals surface area contributed by atoms with Crippen LogP contribution in [0.25, 0.3) is 0 Å². The number of aliphatic hydroxyl groups is 1. The van der Waals surface area contributed by atoms with Crippen molar-refractivity contribution in [2.24, 2.45) is 0 Å². The van der Waals surface area contributed by atoms with E-state index < -0.39 is 0 Å². The van der Waals surface area contributed by atoms with Crippen molar-refractivity contribution in [1.82, 2.24) is 5.48 Å². The summed E-state index contributed by atoms with van der Waals surface area (Å²) < 4.78 is 18.5. The summed E-state index contributed by atoms with van der Waals surface area (Å²) >= 11 is 0. The molecular formula is C29H39NO5. The monoisotopic (exact) mass is 481 g/mol. The number of benzene rings is 2. The van der Waals surface area contributed by atoms with Crippen LogP contribution in [0.1, 0.15) is 80.8 Å². The van der Waals surface area contributed by atoms with Gasteiger partial charge in [-0.05, 0) is 61.8 Å². The number of hydrogen-bond donors (Lipinski definition) is 2. The second kappa shape index (κ2) is 11.7. The maximum absolute atomic E-state index is 10.1. The highest BCUT2D eigenvalue weighted by Gasteiger charge is 2.37. The highest BCUT2D eigenvalue weighted by Crippen LogP contribution is 2.40. The van der Waals surface area contributed by atoms with Crippen molar-refractivity contribution >= 4 is 0 Å². The first kappa shape index (κ1) is 24.6. The van der Waals surface area contributed by atoms with Crippen LogP contribution in [0, 0.1) is 0 Å². The van der Waals surface area contributed by atoms with Crippen LogP contribution in [0.4, 0.5) is 0 Å². The molecule has 2 N–H and O–H groups in total. The highest BCUT2D eigenvalue weighted by atomic mass is 16.8. The fourth-order valence-electron chi connectivity index (χ4n) is 6.02. The minimum atomic E-state index is -0.376. The number of aliphatic hydroxyl groups excluding tert-OH is 1. The molecule has 0 bridgehead atoms. The van der Waals surface area contributed by atoms with E-state index in [9.17, 15) is 5.11 Å². The van der Waals surface area contributed by atoms with Gasteiger partial charge < -0.3 is 19.3 Å². The van der Waals surface area contributed by atoms with Gasteiger partial charge in [0.1, 0.15) is 0 Å². The van der Waals surface area contributed by atoms with Crippen molar-refractivity contribution in [3.8, 4) is 11.5 Å². The molecule has 1 saturated heterocycles. The lowest BCUT2D eigenvalue weighted by atomic mass is 9.81. The fourth-order valence-corrected chi connectivity index (χ4v) is 6.02. The molecule has 2 aliphatic carbocycles. The maximum Gasteiger partial charge on any atom is 0.178 e. The predicted octanol–water partition coefficient (Wildman–Crippen LogP) is 5.46. The Balaban J connectivity index is 1.32. The van der Waals surface area contributed by atoms with Gasteiger partial charge in [-0.3, -0.25) is 4.84 Å². The van der Waals surface area contributed by atoms with Crippen molar-refractivity contribution in [3.05, 3.63) is 59.7 Å². The van der Waals surface area contributed by atoms with E-state index >= 15 is 0 Å². The van der Waals surface area contributed by atoms with Crippen molar-refractivity contribution in [1.29, 1.82) is 0 Å². The van der Waals surface area contributed by atoms with E-state index in [1.165, 1.54) is 31.2 Å². The van der Waals surface area contributed by atoms with Crippen molar-refractivity contribution in [2.75, 3.05) is 13.7 Å². The first-order chi connectivity index (χ1) is 17.2. The second-order valence-electron chi connectivity index (χ2n) is 10.2. The Bertz CT molecular complexity index is 932. The molecule has 190 valence electrons. The SMILES string of the molecule is COc1ccc([C@@H]2C[C@@H](O[C@H]3CCCC[C@@H]3c3ccccc3)ON[C@H]2CO)cc1OC1CCCC1. The molecule has 0 spiro atoms. The lowest BCUT2D eigenvalue weighted by molar-refractivity contribution is -0.244. The Hall–Kier alpha value is -2.12. The summed E-state index contributed by atoms with van der Waals surface area (Å²) in [5.41, 5.74) is 5.53. The zero-order valence-electron chi connectivity index (χ0n) is 20.7. The van der Waals surface area contributed by atoms with Crippen LogP contribution in [-0.4, -0.2) is 43.4 Å². The summed E-state index contributed by atoms with van der Waals surface area (Å²) in [6.45, 7) is -0.0156. The van der Waals surface area contributed by atoms with E-state index in [1.807, 2.05) is 6.07 Å². The molecule has 1 heterocycles. The maximum atomic E-state index is 10.1. The fraction of sp³-hybridized carbons (Fsp3) is 0.586. The molecule has 6 heteroatoms. The third-order valence-electron chi connectivity index (χ3n) is 7.95. The lowest BCUT2D eigenvalue weighted by Gasteiger charge is -2.40. The van der Waals surface area contributed by atoms with Gasteiger partial charge >= 0.3 is 0 Å². The van der Waals surface area contributed by atoms with Crippen LogP contribution < -0.4 is 15.0 Å². The van der Waals surface area contributed by atoms with Gasteiger partial charge in [0.05, 0.1) is 32.0 Å². The van der Waals surface area contributed by atoms with Crippen LogP contribution in [-0.2, 0) is 9.57 Å². The summed E-state index contributed by atoms with van der Waals surface area (Å²) in [5.74, 6) is 1.96. The summed E-state index contributed by atoms with van der Waals surface area (Å²) in [6.07, 6.45) is 9.86. The number of rotatable bonds is 8. The molecule has 35 heavy (non-hydrogen) atoms. The molecule has 0 unspecified atom stereocenters. The van der Waals surface area contributed by atoms with Crippen LogP contribution >= 0.6 is 0 Å². The van der Waals surface area contributed by atoms with Crippen LogP contribution in [0.3, 0.4) is 0 Å². The van der Waals surface area contributed by atoms with E-state index in [0.29, 0.717) is 12.3 Å². The third-order valence-corrected chi connectivity index (χ3v) is 7.95. The lowest BCUT2D eigenvalue weighted by Crippen LogP contribution is -2.49. The Morgan fingerprint density at radius 3 is 2.43 bits per heavy atom. The van der Waals surface area contributed by atoms with Gasteiger partial charge in [0.15, 0.2) is 17.8 Å². The van der Waals surface area contributed by atoms with Crippen LogP contribution in [0.2, 0.25) is 0 Å². The molecule has 1 aliphatic heterocycles. The van der Waals surface area contributed by atoms with Gasteiger partial charge in [0, 0.05) is 18.3 Å². The molecule has 2 aromatic carbocycles. The molecule has 0 aromatic heterocycles. The Labute approximate surface area is 208 Å². The van der Waals surface area contributed by atoms with E-state index in [0.717, 1.165) is 42.7 Å². The van der Waals surface area contributed by atoms with Gasteiger partial charge in [-0.25, -0.2) is 0 Å². The van der Waals surface area contributed by atoms with Gasteiger partial charge in [0.25, 0.3) is 0 Å². The summed E-state index contributed by atoms with van der Waals surface area (Å²) in [5, 5.41) is 10.1. The minimum absolute atomic E-state index is 0.0156. The molecule has 6 nitrogen and oxygen atoms in total.